The fourth-order valence-electron chi connectivity index (χ4n) is 4.53. The molecule has 15 heteroatoms. The Morgan fingerprint density at radius 3 is 2.42 bits per heavy atom. The Morgan fingerprint density at radius 2 is 1.89 bits per heavy atom. The number of piperidine rings is 1. The number of fused-ring (bicyclic) bond motifs is 1. The molecule has 0 atom stereocenters. The molecule has 11 nitrogen and oxygen atoms in total. The Balaban J connectivity index is 0.00000107. The van der Waals surface area contributed by atoms with Gasteiger partial charge in [-0.3, -0.25) is 9.20 Å². The van der Waals surface area contributed by atoms with Gasteiger partial charge in [-0.25, -0.2) is 26.9 Å². The number of aliphatic hydroxyl groups is 1. The van der Waals surface area contributed by atoms with Gasteiger partial charge in [0.05, 0.1) is 23.0 Å². The van der Waals surface area contributed by atoms with Gasteiger partial charge in [-0.05, 0) is 58.4 Å². The Hall–Kier alpha value is -2.75. The minimum absolute atomic E-state index is 0.0654. The maximum Gasteiger partial charge on any atom is 0.291 e. The summed E-state index contributed by atoms with van der Waals surface area (Å²) in [4.78, 5) is 14.9. The number of alkyl halides is 2. The van der Waals surface area contributed by atoms with Crippen LogP contribution in [0, 0.1) is 5.92 Å². The number of carboxylic acid groups (broad SMARTS) is 1. The van der Waals surface area contributed by atoms with Crippen molar-refractivity contribution in [1.29, 1.82) is 0 Å². The lowest BCUT2D eigenvalue weighted by Crippen LogP contribution is -2.42. The van der Waals surface area contributed by atoms with Crippen LogP contribution in [-0.2, 0) is 14.8 Å². The van der Waals surface area contributed by atoms with E-state index >= 15 is 0 Å². The van der Waals surface area contributed by atoms with Gasteiger partial charge in [-0.2, -0.15) is 0 Å². The molecule has 1 aliphatic carbocycles. The predicted octanol–water partition coefficient (Wildman–Crippen LogP) is 3.31. The van der Waals surface area contributed by atoms with Crippen molar-refractivity contribution in [3.63, 3.8) is 0 Å². The van der Waals surface area contributed by atoms with Gasteiger partial charge in [-0.15, -0.1) is 10.2 Å². The minimum atomic E-state index is -3.85. The number of nitrogens with zero attached hydrogens (tertiary/aromatic N) is 5. The molecular weight excluding hydrogens is 542 g/mol. The number of pyridine rings is 1. The summed E-state index contributed by atoms with van der Waals surface area (Å²) in [5.74, 6) is 0.388. The first-order chi connectivity index (χ1) is 17.8. The molecular formula is C23H30F2N6O5S2. The van der Waals surface area contributed by atoms with Crippen LogP contribution in [0.2, 0.25) is 0 Å². The second-order valence-electron chi connectivity index (χ2n) is 10.3. The highest BCUT2D eigenvalue weighted by Crippen LogP contribution is 2.38. The third-order valence-electron chi connectivity index (χ3n) is 6.94. The molecule has 38 heavy (non-hydrogen) atoms. The van der Waals surface area contributed by atoms with Crippen LogP contribution in [0.1, 0.15) is 57.9 Å². The Bertz CT molecular complexity index is 1410. The van der Waals surface area contributed by atoms with Crippen LogP contribution < -0.4 is 9.62 Å². The lowest BCUT2D eigenvalue weighted by atomic mass is 9.83. The zero-order valence-electron chi connectivity index (χ0n) is 21.1. The zero-order chi connectivity index (χ0) is 27.9. The third kappa shape index (κ3) is 5.95. The van der Waals surface area contributed by atoms with Crippen LogP contribution in [0.25, 0.3) is 16.3 Å². The summed E-state index contributed by atoms with van der Waals surface area (Å²) >= 11 is 0.729. The largest absolute Gasteiger partial charge is 0.483 e. The molecule has 0 bridgehead atoms. The molecule has 2 fully saturated rings. The maximum atomic E-state index is 13.3. The molecule has 4 heterocycles. The molecule has 0 spiro atoms. The number of sulfonamides is 1. The van der Waals surface area contributed by atoms with Gasteiger partial charge in [0.2, 0.25) is 10.0 Å². The molecule has 0 aromatic carbocycles. The van der Waals surface area contributed by atoms with Crippen molar-refractivity contribution >= 4 is 39.0 Å². The number of rotatable bonds is 7. The maximum absolute atomic E-state index is 13.3. The minimum Gasteiger partial charge on any atom is -0.483 e. The van der Waals surface area contributed by atoms with Crippen LogP contribution in [0.3, 0.4) is 0 Å². The average Bonchev–Trinajstić information content (AvgIpc) is 3.23. The van der Waals surface area contributed by atoms with Gasteiger partial charge >= 0.3 is 0 Å². The molecule has 1 saturated carbocycles. The number of aromatic nitrogens is 4. The first-order valence-electron chi connectivity index (χ1n) is 12.0. The molecule has 208 valence electrons. The fraction of sp³-hybridized carbons (Fsp3) is 0.565. The standard InChI is InChI=1S/C22H28F2N6O3S2.CH2O2/c1-21(2,31)13-4-8-29(9-5-13)15-10-14(35(32,33)28-22(3)6-7-22)12-30-16(15)11-25-18(30)20-27-26-19(34-20)17(23)24;2-1-3/h10-13,17,28,31H,4-9H2,1-3H3;1H,(H,2,3). The lowest BCUT2D eigenvalue weighted by Gasteiger charge is -2.39. The molecule has 0 amide bonds. The summed E-state index contributed by atoms with van der Waals surface area (Å²) in [6.07, 6.45) is 3.34. The second-order valence-corrected chi connectivity index (χ2v) is 13.0. The fourth-order valence-corrected chi connectivity index (χ4v) is 6.70. The molecule has 3 N–H and O–H groups in total. The van der Waals surface area contributed by atoms with Crippen molar-refractivity contribution in [2.24, 2.45) is 5.92 Å². The van der Waals surface area contributed by atoms with Crippen LogP contribution in [0.4, 0.5) is 14.5 Å². The Kier molecular flexibility index (Phi) is 7.76. The number of hydrogen-bond donors (Lipinski definition) is 3. The second kappa shape index (κ2) is 10.4. The zero-order valence-corrected chi connectivity index (χ0v) is 22.8. The number of anilines is 1. The summed E-state index contributed by atoms with van der Waals surface area (Å²) < 4.78 is 57.2. The van der Waals surface area contributed by atoms with Gasteiger partial charge < -0.3 is 15.1 Å². The number of carbonyl (C=O) groups is 1. The summed E-state index contributed by atoms with van der Waals surface area (Å²) in [5, 5.41) is 24.5. The van der Waals surface area contributed by atoms with E-state index in [2.05, 4.69) is 24.8 Å². The Labute approximate surface area is 222 Å². The van der Waals surface area contributed by atoms with Crippen molar-refractivity contribution in [2.75, 3.05) is 18.0 Å². The monoisotopic (exact) mass is 572 g/mol. The average molecular weight is 573 g/mol. The highest BCUT2D eigenvalue weighted by Gasteiger charge is 2.41. The van der Waals surface area contributed by atoms with Crippen molar-refractivity contribution in [3.8, 4) is 10.8 Å². The quantitative estimate of drug-likeness (QED) is 0.362. The molecule has 3 aromatic heterocycles. The van der Waals surface area contributed by atoms with E-state index in [0.29, 0.717) is 24.3 Å². The van der Waals surface area contributed by atoms with E-state index in [9.17, 15) is 22.3 Å². The van der Waals surface area contributed by atoms with E-state index in [-0.39, 0.29) is 28.1 Å². The van der Waals surface area contributed by atoms with E-state index in [1.54, 1.807) is 16.7 Å². The SMILES string of the molecule is CC1(NS(=O)(=O)c2cc(N3CCC(C(C)(C)O)CC3)c3cnc(-c4nnc(C(F)F)s4)n3c2)CC1.O=CO. The summed E-state index contributed by atoms with van der Waals surface area (Å²) in [5.41, 5.74) is 0.0788. The van der Waals surface area contributed by atoms with Crippen LogP contribution in [-0.4, -0.2) is 68.9 Å². The third-order valence-corrected chi connectivity index (χ3v) is 9.47. The number of nitrogens with one attached hydrogen (secondary N) is 1. The van der Waals surface area contributed by atoms with Crippen molar-refractivity contribution < 1.29 is 32.2 Å². The van der Waals surface area contributed by atoms with E-state index < -0.39 is 32.6 Å². The van der Waals surface area contributed by atoms with Crippen LogP contribution >= 0.6 is 11.3 Å². The normalized spacial score (nSPS) is 17.9. The van der Waals surface area contributed by atoms with Gasteiger partial charge in [-0.1, -0.05) is 11.3 Å². The molecule has 1 saturated heterocycles. The highest BCUT2D eigenvalue weighted by atomic mass is 32.2. The van der Waals surface area contributed by atoms with Gasteiger partial charge in [0.25, 0.3) is 12.9 Å². The molecule has 5 rings (SSSR count). The lowest BCUT2D eigenvalue weighted by molar-refractivity contribution is -0.122. The van der Waals surface area contributed by atoms with Gasteiger partial charge in [0.15, 0.2) is 15.8 Å². The van der Waals surface area contributed by atoms with Crippen molar-refractivity contribution in [3.05, 3.63) is 23.5 Å². The van der Waals surface area contributed by atoms with Crippen LogP contribution in [0.5, 0.6) is 0 Å². The van der Waals surface area contributed by atoms with Crippen molar-refractivity contribution in [2.45, 2.75) is 68.9 Å². The van der Waals surface area contributed by atoms with E-state index in [1.807, 2.05) is 20.8 Å². The van der Waals surface area contributed by atoms with E-state index in [4.69, 9.17) is 9.90 Å². The first kappa shape index (κ1) is 28.3. The topological polar surface area (TPSA) is 150 Å². The predicted molar refractivity (Wildman–Crippen MR) is 137 cm³/mol. The van der Waals surface area contributed by atoms with E-state index in [1.165, 1.54) is 6.20 Å². The molecule has 1 aliphatic heterocycles. The Morgan fingerprint density at radius 1 is 1.26 bits per heavy atom. The van der Waals surface area contributed by atoms with E-state index in [0.717, 1.165) is 37.0 Å². The molecule has 0 unspecified atom stereocenters. The highest BCUT2D eigenvalue weighted by molar-refractivity contribution is 7.89. The van der Waals surface area contributed by atoms with Gasteiger partial charge in [0.1, 0.15) is 4.90 Å². The van der Waals surface area contributed by atoms with Crippen molar-refractivity contribution in [1.82, 2.24) is 24.3 Å². The first-order valence-corrected chi connectivity index (χ1v) is 14.3. The number of halogens is 2. The number of hydrogen-bond acceptors (Lipinski definition) is 9. The smallest absolute Gasteiger partial charge is 0.291 e. The molecule has 0 radical (unpaired) electrons. The number of imidazole rings is 1. The summed E-state index contributed by atoms with van der Waals surface area (Å²) in [7, 11) is -3.85. The molecule has 3 aromatic rings. The van der Waals surface area contributed by atoms with Crippen LogP contribution in [0.15, 0.2) is 23.4 Å². The summed E-state index contributed by atoms with van der Waals surface area (Å²) in [6, 6.07) is 1.64. The molecule has 2 aliphatic rings. The van der Waals surface area contributed by atoms with Gasteiger partial charge in [0, 0.05) is 24.8 Å². The summed E-state index contributed by atoms with van der Waals surface area (Å²) in [6.45, 7) is 6.49.